The van der Waals surface area contributed by atoms with Crippen molar-refractivity contribution in [1.82, 2.24) is 4.98 Å². The summed E-state index contributed by atoms with van der Waals surface area (Å²) in [6.45, 7) is 2.28. The Morgan fingerprint density at radius 2 is 1.87 bits per heavy atom. The van der Waals surface area contributed by atoms with E-state index < -0.39 is 12.3 Å². The molecular weight excluding hydrogens is 414 g/mol. The summed E-state index contributed by atoms with van der Waals surface area (Å²) in [5.41, 5.74) is 3.41. The third-order valence-corrected chi connectivity index (χ3v) is 5.05. The van der Waals surface area contributed by atoms with Crippen molar-refractivity contribution in [2.75, 3.05) is 17.2 Å². The second kappa shape index (κ2) is 9.20. The van der Waals surface area contributed by atoms with Crippen LogP contribution in [0.5, 0.6) is 0 Å². The van der Waals surface area contributed by atoms with Crippen LogP contribution < -0.4 is 10.6 Å². The van der Waals surface area contributed by atoms with Gasteiger partial charge in [0.25, 0.3) is 0 Å². The lowest BCUT2D eigenvalue weighted by Crippen LogP contribution is -2.15. The Morgan fingerprint density at radius 3 is 2.71 bits per heavy atom. The predicted molar refractivity (Wildman–Crippen MR) is 125 cm³/mol. The van der Waals surface area contributed by atoms with Crippen LogP contribution in [0.15, 0.2) is 66.7 Å². The van der Waals surface area contributed by atoms with Crippen molar-refractivity contribution in [3.05, 3.63) is 77.3 Å². The number of anilines is 2. The van der Waals surface area contributed by atoms with E-state index in [4.69, 9.17) is 16.3 Å². The lowest BCUT2D eigenvalue weighted by molar-refractivity contribution is 0.161. The molecule has 4 rings (SSSR count). The molecule has 3 aromatic carbocycles. The molecule has 6 nitrogen and oxygen atoms in total. The first-order chi connectivity index (χ1) is 15.0. The molecule has 0 saturated carbocycles. The van der Waals surface area contributed by atoms with Crippen LogP contribution in [0.4, 0.5) is 16.2 Å². The fraction of sp³-hybridized carbons (Fsp3) is 0.167. The van der Waals surface area contributed by atoms with Crippen LogP contribution in [0.3, 0.4) is 0 Å². The maximum atomic E-state index is 11.8. The fourth-order valence-electron chi connectivity index (χ4n) is 3.38. The largest absolute Gasteiger partial charge is 0.449 e. The monoisotopic (exact) mass is 435 g/mol. The van der Waals surface area contributed by atoms with Crippen molar-refractivity contribution >= 4 is 50.9 Å². The number of hydrogen-bond acceptors (Lipinski definition) is 5. The number of fused-ring (bicyclic) bond motifs is 2. The summed E-state index contributed by atoms with van der Waals surface area (Å²) in [7, 11) is 0. The molecule has 0 saturated heterocycles. The SMILES string of the molecule is CCCOC(=O)Nc1cccc(C(O)Nc2c3ccccc3nc3cc(Cl)ccc23)c1. The number of nitrogens with zero attached hydrogens (tertiary/aromatic N) is 1. The van der Waals surface area contributed by atoms with Gasteiger partial charge in [0.2, 0.25) is 0 Å². The zero-order valence-corrected chi connectivity index (χ0v) is 17.7. The maximum Gasteiger partial charge on any atom is 0.411 e. The molecule has 0 fully saturated rings. The first-order valence-electron chi connectivity index (χ1n) is 10.0. The summed E-state index contributed by atoms with van der Waals surface area (Å²) in [5.74, 6) is 0. The van der Waals surface area contributed by atoms with E-state index in [1.54, 1.807) is 36.4 Å². The average molecular weight is 436 g/mol. The Bertz CT molecular complexity index is 1250. The van der Waals surface area contributed by atoms with Crippen LogP contribution in [0, 0.1) is 0 Å². The van der Waals surface area contributed by atoms with E-state index in [0.29, 0.717) is 22.9 Å². The number of carbonyl (C=O) groups excluding carboxylic acids is 1. The molecule has 7 heteroatoms. The third kappa shape index (κ3) is 4.71. The molecule has 1 atom stereocenters. The molecule has 0 radical (unpaired) electrons. The van der Waals surface area contributed by atoms with Gasteiger partial charge in [-0.15, -0.1) is 0 Å². The van der Waals surface area contributed by atoms with Gasteiger partial charge in [0.15, 0.2) is 6.23 Å². The lowest BCUT2D eigenvalue weighted by Gasteiger charge is -2.19. The van der Waals surface area contributed by atoms with Gasteiger partial charge in [-0.3, -0.25) is 5.32 Å². The van der Waals surface area contributed by atoms with E-state index >= 15 is 0 Å². The average Bonchev–Trinajstić information content (AvgIpc) is 2.77. The van der Waals surface area contributed by atoms with Crippen molar-refractivity contribution in [3.8, 4) is 0 Å². The molecule has 0 aliphatic rings. The van der Waals surface area contributed by atoms with Gasteiger partial charge in [-0.1, -0.05) is 48.9 Å². The van der Waals surface area contributed by atoms with Crippen LogP contribution >= 0.6 is 11.6 Å². The minimum atomic E-state index is -1.02. The van der Waals surface area contributed by atoms with E-state index in [1.165, 1.54) is 0 Å². The number of rotatable bonds is 6. The second-order valence-electron chi connectivity index (χ2n) is 7.10. The summed E-state index contributed by atoms with van der Waals surface area (Å²) in [6, 6.07) is 20.2. The van der Waals surface area contributed by atoms with Crippen LogP contribution in [0.2, 0.25) is 5.02 Å². The van der Waals surface area contributed by atoms with Crippen LogP contribution in [0.25, 0.3) is 21.8 Å². The molecule has 0 spiro atoms. The quantitative estimate of drug-likeness (QED) is 0.251. The van der Waals surface area contributed by atoms with Crippen molar-refractivity contribution in [1.29, 1.82) is 0 Å². The Kier molecular flexibility index (Phi) is 6.21. The summed E-state index contributed by atoms with van der Waals surface area (Å²) in [5, 5.41) is 19.2. The van der Waals surface area contributed by atoms with Gasteiger partial charge in [0, 0.05) is 27.0 Å². The topological polar surface area (TPSA) is 83.5 Å². The van der Waals surface area contributed by atoms with Crippen LogP contribution in [-0.4, -0.2) is 22.8 Å². The Hall–Kier alpha value is -3.35. The van der Waals surface area contributed by atoms with Gasteiger partial charge in [0.05, 0.1) is 23.3 Å². The van der Waals surface area contributed by atoms with Gasteiger partial charge in [-0.2, -0.15) is 0 Å². The molecule has 1 amide bonds. The number of aliphatic hydroxyl groups is 1. The molecule has 0 bridgehead atoms. The van der Waals surface area contributed by atoms with E-state index in [-0.39, 0.29) is 0 Å². The normalized spacial score (nSPS) is 12.0. The number of carbonyl (C=O) groups is 1. The number of ether oxygens (including phenoxy) is 1. The van der Waals surface area contributed by atoms with Gasteiger partial charge in [-0.05, 0) is 42.8 Å². The van der Waals surface area contributed by atoms with E-state index in [0.717, 1.165) is 33.9 Å². The highest BCUT2D eigenvalue weighted by Crippen LogP contribution is 2.34. The van der Waals surface area contributed by atoms with Crippen molar-refractivity contribution in [2.45, 2.75) is 19.6 Å². The highest BCUT2D eigenvalue weighted by molar-refractivity contribution is 6.31. The molecule has 4 aromatic rings. The maximum absolute atomic E-state index is 11.8. The summed E-state index contributed by atoms with van der Waals surface area (Å²) in [6.07, 6.45) is -0.794. The molecule has 158 valence electrons. The zero-order valence-electron chi connectivity index (χ0n) is 16.9. The first kappa shape index (κ1) is 20.9. The molecule has 0 aliphatic carbocycles. The van der Waals surface area contributed by atoms with Crippen molar-refractivity contribution in [2.24, 2.45) is 0 Å². The van der Waals surface area contributed by atoms with Gasteiger partial charge in [-0.25, -0.2) is 9.78 Å². The Morgan fingerprint density at radius 1 is 1.06 bits per heavy atom. The number of pyridine rings is 1. The fourth-order valence-corrected chi connectivity index (χ4v) is 3.54. The van der Waals surface area contributed by atoms with Crippen LogP contribution in [0.1, 0.15) is 25.1 Å². The Labute approximate surface area is 184 Å². The second-order valence-corrected chi connectivity index (χ2v) is 7.54. The minimum Gasteiger partial charge on any atom is -0.449 e. The molecule has 0 aliphatic heterocycles. The Balaban J connectivity index is 1.66. The summed E-state index contributed by atoms with van der Waals surface area (Å²) in [4.78, 5) is 16.5. The molecule has 1 heterocycles. The number of nitrogens with one attached hydrogen (secondary N) is 2. The first-order valence-corrected chi connectivity index (χ1v) is 10.4. The summed E-state index contributed by atoms with van der Waals surface area (Å²) < 4.78 is 5.05. The molecule has 31 heavy (non-hydrogen) atoms. The number of benzene rings is 3. The van der Waals surface area contributed by atoms with Gasteiger partial charge >= 0.3 is 6.09 Å². The van der Waals surface area contributed by atoms with Gasteiger partial charge < -0.3 is 15.2 Å². The van der Waals surface area contributed by atoms with Crippen molar-refractivity contribution in [3.63, 3.8) is 0 Å². The molecule has 1 unspecified atom stereocenters. The number of aromatic nitrogens is 1. The number of aliphatic hydroxyl groups excluding tert-OH is 1. The highest BCUT2D eigenvalue weighted by Gasteiger charge is 2.15. The van der Waals surface area contributed by atoms with Crippen LogP contribution in [-0.2, 0) is 4.74 Å². The molecular formula is C24H22ClN3O3. The van der Waals surface area contributed by atoms with Crippen molar-refractivity contribution < 1.29 is 14.6 Å². The lowest BCUT2D eigenvalue weighted by atomic mass is 10.1. The zero-order chi connectivity index (χ0) is 21.8. The highest BCUT2D eigenvalue weighted by atomic mass is 35.5. The number of amides is 1. The standard InChI is InChI=1S/C24H22ClN3O3/c1-2-12-31-24(30)26-17-7-5-6-15(13-17)23(29)28-22-18-8-3-4-9-20(18)27-21-14-16(25)10-11-19(21)22/h3-11,13-14,23,29H,2,12H2,1H3,(H,26,30)(H,27,28). The molecule has 1 aromatic heterocycles. The third-order valence-electron chi connectivity index (χ3n) is 4.81. The number of para-hydroxylation sites is 1. The number of hydrogen-bond donors (Lipinski definition) is 3. The summed E-state index contributed by atoms with van der Waals surface area (Å²) >= 11 is 6.16. The van der Waals surface area contributed by atoms with E-state index in [1.807, 2.05) is 37.3 Å². The van der Waals surface area contributed by atoms with E-state index in [2.05, 4.69) is 15.6 Å². The smallest absolute Gasteiger partial charge is 0.411 e. The van der Waals surface area contributed by atoms with Gasteiger partial charge in [0.1, 0.15) is 0 Å². The number of halogens is 1. The minimum absolute atomic E-state index is 0.349. The van der Waals surface area contributed by atoms with E-state index in [9.17, 15) is 9.90 Å². The predicted octanol–water partition coefficient (Wildman–Crippen LogP) is 6.10. The molecule has 3 N–H and O–H groups in total.